The average Bonchev–Trinajstić information content (AvgIpc) is 3.37. The summed E-state index contributed by atoms with van der Waals surface area (Å²) in [6.07, 6.45) is 1.68. The van der Waals surface area contributed by atoms with Crippen molar-refractivity contribution in [3.63, 3.8) is 0 Å². The van der Waals surface area contributed by atoms with Crippen LogP contribution in [0.25, 0.3) is 11.0 Å². The fourth-order valence-electron chi connectivity index (χ4n) is 4.48. The SMILES string of the molecule is CCOc1cccc(C2c3c(oc4ccc(F)cc4c3=O)C(=O)N2CC2CCCO2)c1. The number of carbonyl (C=O) groups is 1. The van der Waals surface area contributed by atoms with Gasteiger partial charge in [0.15, 0.2) is 5.43 Å². The van der Waals surface area contributed by atoms with Gasteiger partial charge in [-0.05, 0) is 55.7 Å². The molecule has 2 aliphatic rings. The van der Waals surface area contributed by atoms with E-state index < -0.39 is 17.3 Å². The molecule has 1 aromatic heterocycles. The van der Waals surface area contributed by atoms with Gasteiger partial charge < -0.3 is 18.8 Å². The van der Waals surface area contributed by atoms with Crippen LogP contribution in [0, 0.1) is 5.82 Å². The van der Waals surface area contributed by atoms with Crippen LogP contribution in [0.2, 0.25) is 0 Å². The molecule has 2 aliphatic heterocycles. The zero-order chi connectivity index (χ0) is 21.5. The summed E-state index contributed by atoms with van der Waals surface area (Å²) in [7, 11) is 0. The summed E-state index contributed by atoms with van der Waals surface area (Å²) in [6, 6.07) is 10.4. The molecule has 7 heteroatoms. The highest BCUT2D eigenvalue weighted by Gasteiger charge is 2.44. The molecule has 160 valence electrons. The van der Waals surface area contributed by atoms with E-state index in [2.05, 4.69) is 0 Å². The molecule has 1 fully saturated rings. The summed E-state index contributed by atoms with van der Waals surface area (Å²) < 4.78 is 31.1. The standard InChI is InChI=1S/C24H22FNO5/c1-2-29-16-6-3-5-14(11-16)21-20-22(27)18-12-15(25)8-9-19(18)31-23(20)24(28)26(21)13-17-7-4-10-30-17/h3,5-6,8-9,11-12,17,21H,2,4,7,10,13H2,1H3. The lowest BCUT2D eigenvalue weighted by molar-refractivity contribution is 0.0486. The maximum absolute atomic E-state index is 13.9. The quantitative estimate of drug-likeness (QED) is 0.619. The summed E-state index contributed by atoms with van der Waals surface area (Å²) in [5, 5.41) is 0.122. The van der Waals surface area contributed by atoms with Crippen LogP contribution >= 0.6 is 0 Å². The molecule has 31 heavy (non-hydrogen) atoms. The van der Waals surface area contributed by atoms with Crippen molar-refractivity contribution in [3.05, 3.63) is 75.4 Å². The number of fused-ring (bicyclic) bond motifs is 2. The van der Waals surface area contributed by atoms with Gasteiger partial charge in [-0.3, -0.25) is 9.59 Å². The molecule has 0 aliphatic carbocycles. The average molecular weight is 423 g/mol. The van der Waals surface area contributed by atoms with Gasteiger partial charge in [-0.2, -0.15) is 0 Å². The van der Waals surface area contributed by atoms with Crippen LogP contribution in [0.3, 0.4) is 0 Å². The van der Waals surface area contributed by atoms with Crippen LogP contribution in [0.1, 0.15) is 47.5 Å². The Morgan fingerprint density at radius 2 is 2.06 bits per heavy atom. The lowest BCUT2D eigenvalue weighted by atomic mass is 9.98. The molecule has 0 radical (unpaired) electrons. The Hall–Kier alpha value is -3.19. The first kappa shape index (κ1) is 19.8. The molecule has 0 N–H and O–H groups in total. The van der Waals surface area contributed by atoms with E-state index in [0.717, 1.165) is 24.5 Å². The number of amides is 1. The maximum atomic E-state index is 13.9. The van der Waals surface area contributed by atoms with Gasteiger partial charge >= 0.3 is 0 Å². The van der Waals surface area contributed by atoms with E-state index in [-0.39, 0.29) is 34.3 Å². The first-order valence-corrected chi connectivity index (χ1v) is 10.5. The van der Waals surface area contributed by atoms with Crippen molar-refractivity contribution in [2.45, 2.75) is 31.9 Å². The Morgan fingerprint density at radius 1 is 1.19 bits per heavy atom. The first-order valence-electron chi connectivity index (χ1n) is 10.5. The van der Waals surface area contributed by atoms with Crippen LogP contribution in [0.4, 0.5) is 4.39 Å². The summed E-state index contributed by atoms with van der Waals surface area (Å²) in [4.78, 5) is 28.4. The van der Waals surface area contributed by atoms with E-state index in [0.29, 0.717) is 25.5 Å². The minimum Gasteiger partial charge on any atom is -0.494 e. The molecule has 1 amide bonds. The second kappa shape index (κ2) is 7.81. The minimum absolute atomic E-state index is 0.00826. The predicted octanol–water partition coefficient (Wildman–Crippen LogP) is 4.06. The van der Waals surface area contributed by atoms with Crippen molar-refractivity contribution in [2.75, 3.05) is 19.8 Å². The topological polar surface area (TPSA) is 69.0 Å². The zero-order valence-electron chi connectivity index (χ0n) is 17.1. The Bertz CT molecular complexity index is 1210. The second-order valence-corrected chi connectivity index (χ2v) is 7.82. The minimum atomic E-state index is -0.656. The van der Waals surface area contributed by atoms with Gasteiger partial charge in [-0.1, -0.05) is 12.1 Å². The van der Waals surface area contributed by atoms with Crippen molar-refractivity contribution in [2.24, 2.45) is 0 Å². The smallest absolute Gasteiger partial charge is 0.291 e. The number of benzene rings is 2. The number of halogens is 1. The predicted molar refractivity (Wildman–Crippen MR) is 112 cm³/mol. The molecular weight excluding hydrogens is 401 g/mol. The third-order valence-electron chi connectivity index (χ3n) is 5.84. The molecule has 2 aromatic carbocycles. The normalized spacial score (nSPS) is 20.5. The van der Waals surface area contributed by atoms with E-state index in [9.17, 15) is 14.0 Å². The molecule has 0 saturated carbocycles. The molecular formula is C24H22FNO5. The van der Waals surface area contributed by atoms with Gasteiger partial charge in [0.2, 0.25) is 5.76 Å². The monoisotopic (exact) mass is 423 g/mol. The van der Waals surface area contributed by atoms with Gasteiger partial charge in [-0.15, -0.1) is 0 Å². The molecule has 2 atom stereocenters. The highest BCUT2D eigenvalue weighted by Crippen LogP contribution is 2.39. The molecule has 2 unspecified atom stereocenters. The van der Waals surface area contributed by atoms with E-state index in [1.165, 1.54) is 12.1 Å². The molecule has 3 heterocycles. The van der Waals surface area contributed by atoms with Gasteiger partial charge in [-0.25, -0.2) is 4.39 Å². The fourth-order valence-corrected chi connectivity index (χ4v) is 4.48. The summed E-state index contributed by atoms with van der Waals surface area (Å²) in [5.41, 5.74) is 0.763. The molecule has 1 saturated heterocycles. The van der Waals surface area contributed by atoms with Crippen molar-refractivity contribution in [1.29, 1.82) is 0 Å². The maximum Gasteiger partial charge on any atom is 0.291 e. The number of nitrogens with zero attached hydrogens (tertiary/aromatic N) is 1. The summed E-state index contributed by atoms with van der Waals surface area (Å²) in [5.74, 6) is -0.237. The van der Waals surface area contributed by atoms with Crippen LogP contribution in [0.5, 0.6) is 5.75 Å². The van der Waals surface area contributed by atoms with Crippen LogP contribution in [-0.2, 0) is 4.74 Å². The highest BCUT2D eigenvalue weighted by atomic mass is 19.1. The van der Waals surface area contributed by atoms with Crippen molar-refractivity contribution in [3.8, 4) is 5.75 Å². The Labute approximate surface area is 178 Å². The second-order valence-electron chi connectivity index (χ2n) is 7.82. The Morgan fingerprint density at radius 3 is 2.84 bits per heavy atom. The van der Waals surface area contributed by atoms with E-state index in [1.54, 1.807) is 4.90 Å². The molecule has 3 aromatic rings. The lowest BCUT2D eigenvalue weighted by Crippen LogP contribution is -2.36. The summed E-state index contributed by atoms with van der Waals surface area (Å²) >= 11 is 0. The lowest BCUT2D eigenvalue weighted by Gasteiger charge is -2.27. The number of ether oxygens (including phenoxy) is 2. The highest BCUT2D eigenvalue weighted by molar-refractivity contribution is 5.99. The van der Waals surface area contributed by atoms with Crippen LogP contribution in [0.15, 0.2) is 51.7 Å². The van der Waals surface area contributed by atoms with Crippen LogP contribution < -0.4 is 10.2 Å². The van der Waals surface area contributed by atoms with E-state index in [4.69, 9.17) is 13.9 Å². The fraction of sp³-hybridized carbons (Fsp3) is 0.333. The third-order valence-corrected chi connectivity index (χ3v) is 5.84. The van der Waals surface area contributed by atoms with Crippen LogP contribution in [-0.4, -0.2) is 36.7 Å². The first-order chi connectivity index (χ1) is 15.1. The van der Waals surface area contributed by atoms with Crippen molar-refractivity contribution < 1.29 is 23.1 Å². The van der Waals surface area contributed by atoms with Gasteiger partial charge in [0.1, 0.15) is 17.1 Å². The third kappa shape index (κ3) is 3.39. The Balaban J connectivity index is 1.69. The number of carbonyl (C=O) groups excluding carboxylic acids is 1. The number of hydrogen-bond donors (Lipinski definition) is 0. The largest absolute Gasteiger partial charge is 0.494 e. The number of hydrogen-bond acceptors (Lipinski definition) is 5. The van der Waals surface area contributed by atoms with Gasteiger partial charge in [0.25, 0.3) is 5.91 Å². The van der Waals surface area contributed by atoms with Crippen molar-refractivity contribution in [1.82, 2.24) is 4.90 Å². The molecule has 5 rings (SSSR count). The van der Waals surface area contributed by atoms with Gasteiger partial charge in [0, 0.05) is 13.2 Å². The van der Waals surface area contributed by atoms with E-state index in [1.807, 2.05) is 31.2 Å². The zero-order valence-corrected chi connectivity index (χ0v) is 17.1. The molecule has 0 bridgehead atoms. The Kier molecular flexibility index (Phi) is 4.98. The van der Waals surface area contributed by atoms with Crippen molar-refractivity contribution >= 4 is 16.9 Å². The van der Waals surface area contributed by atoms with Gasteiger partial charge in [0.05, 0.1) is 29.7 Å². The molecule has 0 spiro atoms. The summed E-state index contributed by atoms with van der Waals surface area (Å²) in [6.45, 7) is 3.39. The molecule has 6 nitrogen and oxygen atoms in total. The number of rotatable bonds is 5. The van der Waals surface area contributed by atoms with E-state index >= 15 is 0 Å².